The van der Waals surface area contributed by atoms with Crippen LogP contribution in [0.5, 0.6) is 0 Å². The summed E-state index contributed by atoms with van der Waals surface area (Å²) in [6, 6.07) is 15.0. The minimum absolute atomic E-state index is 0.0151. The van der Waals surface area contributed by atoms with Crippen LogP contribution >= 0.6 is 0 Å². The zero-order chi connectivity index (χ0) is 36.7. The first-order valence-electron chi connectivity index (χ1n) is 17.2. The molecule has 276 valence electrons. The van der Waals surface area contributed by atoms with Crippen molar-refractivity contribution in [2.75, 3.05) is 32.8 Å². The number of aryl methyl sites for hydroxylation is 1. The van der Waals surface area contributed by atoms with Crippen LogP contribution in [-0.4, -0.2) is 93.3 Å². The Hall–Kier alpha value is -3.88. The summed E-state index contributed by atoms with van der Waals surface area (Å²) in [4.78, 5) is 56.2. The zero-order valence-corrected chi connectivity index (χ0v) is 30.2. The Labute approximate surface area is 295 Å². The number of ether oxygens (including phenoxy) is 1. The van der Waals surface area contributed by atoms with Crippen LogP contribution in [0.25, 0.3) is 0 Å². The summed E-state index contributed by atoms with van der Waals surface area (Å²) in [5, 5.41) is 8.84. The van der Waals surface area contributed by atoms with Gasteiger partial charge in [-0.1, -0.05) is 88.4 Å². The third-order valence-electron chi connectivity index (χ3n) is 8.27. The first-order chi connectivity index (χ1) is 23.7. The Morgan fingerprint density at radius 2 is 1.24 bits per heavy atom. The predicted molar refractivity (Wildman–Crippen MR) is 189 cm³/mol. The van der Waals surface area contributed by atoms with Crippen LogP contribution in [0.4, 0.5) is 3.89 Å². The molecule has 1 fully saturated rings. The molecule has 0 spiro atoms. The topological polar surface area (TPSA) is 163 Å². The Morgan fingerprint density at radius 3 is 1.80 bits per heavy atom. The smallest absolute Gasteiger partial charge is 0.323 e. The number of nitrogens with zero attached hydrogens (tertiary/aromatic N) is 1. The monoisotopic (exact) mass is 717 g/mol. The largest absolute Gasteiger partial charge is 0.379 e. The van der Waals surface area contributed by atoms with Crippen LogP contribution in [0, 0.1) is 11.8 Å². The van der Waals surface area contributed by atoms with Crippen molar-refractivity contribution in [1.29, 1.82) is 0 Å². The third kappa shape index (κ3) is 14.5. The lowest BCUT2D eigenvalue weighted by atomic mass is 9.99. The highest BCUT2D eigenvalue weighted by atomic mass is 32.3. The Kier molecular flexibility index (Phi) is 16.3. The molecule has 4 N–H and O–H groups in total. The minimum Gasteiger partial charge on any atom is -0.379 e. The molecule has 0 saturated carbocycles. The summed E-state index contributed by atoms with van der Waals surface area (Å²) in [6.45, 7) is 9.47. The highest BCUT2D eigenvalue weighted by molar-refractivity contribution is 7.87. The Morgan fingerprint density at radius 1 is 0.720 bits per heavy atom. The average Bonchev–Trinajstić information content (AvgIpc) is 3.06. The zero-order valence-electron chi connectivity index (χ0n) is 29.4. The van der Waals surface area contributed by atoms with E-state index < -0.39 is 51.4 Å². The lowest BCUT2D eigenvalue weighted by molar-refractivity contribution is -0.134. The van der Waals surface area contributed by atoms with Crippen molar-refractivity contribution in [1.82, 2.24) is 26.2 Å². The van der Waals surface area contributed by atoms with E-state index in [9.17, 15) is 31.5 Å². The second kappa shape index (κ2) is 20.1. The maximum Gasteiger partial charge on any atom is 0.323 e. The second-order valence-electron chi connectivity index (χ2n) is 13.6. The van der Waals surface area contributed by atoms with Gasteiger partial charge in [-0.15, -0.1) is 3.89 Å². The normalized spacial score (nSPS) is 16.2. The number of morpholine rings is 1. The fourth-order valence-corrected chi connectivity index (χ4v) is 6.54. The molecule has 4 atom stereocenters. The Balaban J connectivity index is 1.81. The molecule has 0 unspecified atom stereocenters. The molecule has 1 aliphatic rings. The average molecular weight is 718 g/mol. The van der Waals surface area contributed by atoms with E-state index in [1.54, 1.807) is 44.2 Å². The Bertz CT molecular complexity index is 1490. The number of benzene rings is 2. The van der Waals surface area contributed by atoms with Gasteiger partial charge in [0, 0.05) is 19.5 Å². The molecule has 3 rings (SSSR count). The lowest BCUT2D eigenvalue weighted by Crippen LogP contribution is -2.58. The van der Waals surface area contributed by atoms with E-state index >= 15 is 0 Å². The van der Waals surface area contributed by atoms with Gasteiger partial charge >= 0.3 is 10.2 Å². The quantitative estimate of drug-likeness (QED) is 0.161. The van der Waals surface area contributed by atoms with Gasteiger partial charge in [0.25, 0.3) is 0 Å². The number of hydrogen-bond acceptors (Lipinski definition) is 8. The SMILES string of the molecule is CC(C)C[C@H](NC(=O)[C@H](CCc1ccccc1)NC(=O)CN1CCOCC1)C(=O)N[C@@H](Cc1ccccc1)C(=O)N[C@H](CC(C)C)S(=O)(=O)F. The van der Waals surface area contributed by atoms with Gasteiger partial charge in [0.05, 0.1) is 19.8 Å². The van der Waals surface area contributed by atoms with Gasteiger partial charge in [-0.05, 0) is 48.6 Å². The number of amides is 4. The number of hydrogen-bond donors (Lipinski definition) is 4. The van der Waals surface area contributed by atoms with E-state index in [0.717, 1.165) is 5.56 Å². The van der Waals surface area contributed by atoms with Gasteiger partial charge in [0.1, 0.15) is 18.1 Å². The fourth-order valence-electron chi connectivity index (χ4n) is 5.67. The van der Waals surface area contributed by atoms with Crippen LogP contribution in [0.15, 0.2) is 60.7 Å². The molecule has 0 radical (unpaired) electrons. The molecule has 0 aliphatic carbocycles. The number of carbonyl (C=O) groups is 4. The summed E-state index contributed by atoms with van der Waals surface area (Å²) in [6.07, 6.45) is 0.795. The van der Waals surface area contributed by atoms with Crippen molar-refractivity contribution < 1.29 is 36.2 Å². The minimum atomic E-state index is -5.14. The molecular weight excluding hydrogens is 665 g/mol. The van der Waals surface area contributed by atoms with Crippen LogP contribution in [0.2, 0.25) is 0 Å². The van der Waals surface area contributed by atoms with Crippen molar-refractivity contribution in [2.24, 2.45) is 11.8 Å². The fraction of sp³-hybridized carbons (Fsp3) is 0.556. The molecule has 0 aromatic heterocycles. The van der Waals surface area contributed by atoms with Crippen LogP contribution in [0.1, 0.15) is 58.1 Å². The van der Waals surface area contributed by atoms with Crippen LogP contribution in [0.3, 0.4) is 0 Å². The molecule has 14 heteroatoms. The summed E-state index contributed by atoms with van der Waals surface area (Å²) in [5.74, 6) is -2.74. The first-order valence-corrected chi connectivity index (χ1v) is 18.7. The van der Waals surface area contributed by atoms with Crippen molar-refractivity contribution in [3.05, 3.63) is 71.8 Å². The molecular formula is C36H52FN5O7S. The summed E-state index contributed by atoms with van der Waals surface area (Å²) >= 11 is 0. The van der Waals surface area contributed by atoms with E-state index in [0.29, 0.717) is 38.3 Å². The number of rotatable bonds is 19. The molecule has 12 nitrogen and oxygen atoms in total. The number of nitrogens with one attached hydrogen (secondary N) is 4. The van der Waals surface area contributed by atoms with Gasteiger partial charge < -0.3 is 26.0 Å². The highest BCUT2D eigenvalue weighted by Crippen LogP contribution is 2.15. The standard InChI is InChI=1S/C36H52FN5O7S/c1-25(2)21-30(35(45)40-31(23-28-13-9-6-10-14-28)36(46)41-33(22-26(3)4)50(37,47)48)39-34(44)29(16-15-27-11-7-5-8-12-27)38-32(43)24-42-17-19-49-20-18-42/h5-14,25-26,29-31,33H,15-24H2,1-4H3,(H,38,43)(H,39,44)(H,40,45)(H,41,46)/t29-,30-,31-,33-/m0/s1. The van der Waals surface area contributed by atoms with Crippen LogP contribution in [-0.2, 0) is 47.0 Å². The molecule has 2 aromatic rings. The summed E-state index contributed by atoms with van der Waals surface area (Å²) in [7, 11) is -5.14. The number of carbonyl (C=O) groups excluding carboxylic acids is 4. The van der Waals surface area contributed by atoms with Crippen LogP contribution < -0.4 is 21.3 Å². The van der Waals surface area contributed by atoms with E-state index in [1.165, 1.54) is 0 Å². The molecule has 1 saturated heterocycles. The van der Waals surface area contributed by atoms with Gasteiger partial charge in [-0.2, -0.15) is 8.42 Å². The summed E-state index contributed by atoms with van der Waals surface area (Å²) < 4.78 is 43.4. The van der Waals surface area contributed by atoms with Gasteiger partial charge in [-0.3, -0.25) is 24.1 Å². The predicted octanol–water partition coefficient (Wildman–Crippen LogP) is 2.48. The van der Waals surface area contributed by atoms with E-state index in [2.05, 4.69) is 21.3 Å². The van der Waals surface area contributed by atoms with Crippen molar-refractivity contribution >= 4 is 33.9 Å². The van der Waals surface area contributed by atoms with Gasteiger partial charge in [-0.25, -0.2) is 0 Å². The molecule has 1 aliphatic heterocycles. The van der Waals surface area contributed by atoms with E-state index in [-0.39, 0.29) is 50.0 Å². The summed E-state index contributed by atoms with van der Waals surface area (Å²) in [5.41, 5.74) is 1.65. The van der Waals surface area contributed by atoms with Crippen molar-refractivity contribution in [3.63, 3.8) is 0 Å². The molecule has 2 aromatic carbocycles. The first kappa shape index (κ1) is 40.5. The maximum absolute atomic E-state index is 14.2. The third-order valence-corrected chi connectivity index (χ3v) is 9.26. The van der Waals surface area contributed by atoms with Gasteiger partial charge in [0.15, 0.2) is 5.37 Å². The van der Waals surface area contributed by atoms with E-state index in [1.807, 2.05) is 49.1 Å². The molecule has 0 bridgehead atoms. The molecule has 50 heavy (non-hydrogen) atoms. The van der Waals surface area contributed by atoms with E-state index in [4.69, 9.17) is 4.74 Å². The molecule has 1 heterocycles. The van der Waals surface area contributed by atoms with Crippen molar-refractivity contribution in [2.45, 2.75) is 83.3 Å². The maximum atomic E-state index is 14.2. The van der Waals surface area contributed by atoms with Crippen molar-refractivity contribution in [3.8, 4) is 0 Å². The lowest BCUT2D eigenvalue weighted by Gasteiger charge is -2.28. The highest BCUT2D eigenvalue weighted by Gasteiger charge is 2.34. The second-order valence-corrected chi connectivity index (χ2v) is 15.1. The van der Waals surface area contributed by atoms with Gasteiger partial charge in [0.2, 0.25) is 23.6 Å². The molecule has 4 amide bonds. The number of halogens is 1.